The molecule has 0 saturated carbocycles. The average molecular weight is 292 g/mol. The molecule has 4 nitrogen and oxygen atoms in total. The van der Waals surface area contributed by atoms with Crippen molar-refractivity contribution < 1.29 is 19.4 Å². The molecular weight excluding hydrogens is 281 g/mol. The number of hydrogen-bond donors (Lipinski definition) is 2. The second-order valence-electron chi connectivity index (χ2n) is 3.21. The van der Waals surface area contributed by atoms with Crippen LogP contribution in [-0.2, 0) is 0 Å². The van der Waals surface area contributed by atoms with E-state index >= 15 is 0 Å². The van der Waals surface area contributed by atoms with Crippen LogP contribution in [0, 0.1) is 5.95 Å². The third-order valence-electron chi connectivity index (χ3n) is 2.18. The molecule has 0 fully saturated rings. The highest BCUT2D eigenvalue weighted by atomic mass is 79.9. The highest BCUT2D eigenvalue weighted by molar-refractivity contribution is 9.09. The molecule has 2 unspecified atom stereocenters. The fourth-order valence-electron chi connectivity index (χ4n) is 1.31. The van der Waals surface area contributed by atoms with Gasteiger partial charge in [-0.05, 0) is 18.1 Å². The largest absolute Gasteiger partial charge is 0.390 e. The number of carbonyl (C=O) groups excluding carboxylic acids is 1. The first-order valence-corrected chi connectivity index (χ1v) is 5.75. The van der Waals surface area contributed by atoms with Crippen LogP contribution in [0.15, 0.2) is 12.3 Å². The predicted molar refractivity (Wildman–Crippen MR) is 59.0 cm³/mol. The van der Waals surface area contributed by atoms with Gasteiger partial charge in [-0.3, -0.25) is 4.79 Å². The number of halogens is 2. The van der Waals surface area contributed by atoms with Crippen molar-refractivity contribution in [3.8, 4) is 0 Å². The van der Waals surface area contributed by atoms with Gasteiger partial charge >= 0.3 is 0 Å². The molecule has 1 aromatic rings. The molecule has 0 amide bonds. The first-order valence-electron chi connectivity index (χ1n) is 4.63. The lowest BCUT2D eigenvalue weighted by atomic mass is 10.00. The van der Waals surface area contributed by atoms with Gasteiger partial charge in [0.25, 0.3) is 0 Å². The van der Waals surface area contributed by atoms with Gasteiger partial charge in [0.15, 0.2) is 6.29 Å². The number of alkyl halides is 1. The Labute approximate surface area is 100 Å². The van der Waals surface area contributed by atoms with Crippen molar-refractivity contribution in [3.63, 3.8) is 0 Å². The minimum absolute atomic E-state index is 0.0518. The first-order chi connectivity index (χ1) is 7.61. The molecule has 2 atom stereocenters. The fourth-order valence-corrected chi connectivity index (χ4v) is 1.78. The molecule has 0 saturated heterocycles. The number of aliphatic hydroxyl groups is 2. The van der Waals surface area contributed by atoms with E-state index in [1.165, 1.54) is 6.07 Å². The van der Waals surface area contributed by atoms with Crippen molar-refractivity contribution in [1.29, 1.82) is 0 Å². The van der Waals surface area contributed by atoms with Crippen molar-refractivity contribution in [2.75, 3.05) is 5.33 Å². The molecular formula is C10H11BrFNO3. The highest BCUT2D eigenvalue weighted by Gasteiger charge is 2.22. The molecule has 0 radical (unpaired) electrons. The molecule has 0 aliphatic carbocycles. The van der Waals surface area contributed by atoms with E-state index in [9.17, 15) is 19.4 Å². The SMILES string of the molecule is O=Cc1c(C(O)C(O)CCBr)ccnc1F. The average Bonchev–Trinajstić information content (AvgIpc) is 2.28. The second kappa shape index (κ2) is 6.03. The van der Waals surface area contributed by atoms with Gasteiger partial charge in [0, 0.05) is 11.5 Å². The van der Waals surface area contributed by atoms with E-state index in [-0.39, 0.29) is 17.4 Å². The van der Waals surface area contributed by atoms with Gasteiger partial charge in [-0.2, -0.15) is 4.39 Å². The number of rotatable bonds is 5. The van der Waals surface area contributed by atoms with Crippen LogP contribution in [0.2, 0.25) is 0 Å². The molecule has 0 aliphatic rings. The number of aromatic nitrogens is 1. The van der Waals surface area contributed by atoms with Crippen LogP contribution in [-0.4, -0.2) is 32.9 Å². The fraction of sp³-hybridized carbons (Fsp3) is 0.400. The lowest BCUT2D eigenvalue weighted by Gasteiger charge is -2.18. The third kappa shape index (κ3) is 2.84. The van der Waals surface area contributed by atoms with E-state index in [1.54, 1.807) is 0 Å². The van der Waals surface area contributed by atoms with Crippen molar-refractivity contribution in [1.82, 2.24) is 4.98 Å². The number of nitrogens with zero attached hydrogens (tertiary/aromatic N) is 1. The van der Waals surface area contributed by atoms with E-state index in [0.717, 1.165) is 6.20 Å². The van der Waals surface area contributed by atoms with E-state index < -0.39 is 18.2 Å². The van der Waals surface area contributed by atoms with E-state index in [1.807, 2.05) is 0 Å². The minimum Gasteiger partial charge on any atom is -0.390 e. The third-order valence-corrected chi connectivity index (χ3v) is 2.64. The van der Waals surface area contributed by atoms with Gasteiger partial charge in [-0.1, -0.05) is 15.9 Å². The number of aldehydes is 1. The molecule has 1 rings (SSSR count). The van der Waals surface area contributed by atoms with E-state index in [4.69, 9.17) is 0 Å². The standard InChI is InChI=1S/C10H11BrFNO3/c11-3-1-8(15)9(16)6-2-4-13-10(12)7(6)5-14/h2,4-5,8-9,15-16H,1,3H2. The zero-order valence-electron chi connectivity index (χ0n) is 8.31. The first kappa shape index (κ1) is 13.2. The quantitative estimate of drug-likeness (QED) is 0.486. The summed E-state index contributed by atoms with van der Waals surface area (Å²) in [6.45, 7) is 0. The zero-order valence-corrected chi connectivity index (χ0v) is 9.89. The predicted octanol–water partition coefficient (Wildman–Crippen LogP) is 1.21. The van der Waals surface area contributed by atoms with E-state index in [0.29, 0.717) is 11.8 Å². The van der Waals surface area contributed by atoms with Gasteiger partial charge < -0.3 is 10.2 Å². The van der Waals surface area contributed by atoms with Crippen LogP contribution in [0.4, 0.5) is 4.39 Å². The van der Waals surface area contributed by atoms with E-state index in [2.05, 4.69) is 20.9 Å². The van der Waals surface area contributed by atoms with Crippen molar-refractivity contribution in [2.45, 2.75) is 18.6 Å². The normalized spacial score (nSPS) is 14.5. The van der Waals surface area contributed by atoms with Crippen LogP contribution in [0.5, 0.6) is 0 Å². The lowest BCUT2D eigenvalue weighted by molar-refractivity contribution is 0.0167. The van der Waals surface area contributed by atoms with Crippen LogP contribution in [0.25, 0.3) is 0 Å². The van der Waals surface area contributed by atoms with Crippen molar-refractivity contribution in [3.05, 3.63) is 29.3 Å². The lowest BCUT2D eigenvalue weighted by Crippen LogP contribution is -2.20. The molecule has 2 N–H and O–H groups in total. The number of carbonyl (C=O) groups is 1. The Kier molecular flexibility index (Phi) is 4.98. The van der Waals surface area contributed by atoms with Gasteiger partial charge in [-0.15, -0.1) is 0 Å². The molecule has 6 heteroatoms. The second-order valence-corrected chi connectivity index (χ2v) is 4.01. The summed E-state index contributed by atoms with van der Waals surface area (Å²) >= 11 is 3.11. The summed E-state index contributed by atoms with van der Waals surface area (Å²) in [5.41, 5.74) is -0.264. The molecule has 1 aromatic heterocycles. The van der Waals surface area contributed by atoms with Gasteiger partial charge in [0.2, 0.25) is 5.95 Å². The smallest absolute Gasteiger partial charge is 0.223 e. The summed E-state index contributed by atoms with van der Waals surface area (Å²) in [6, 6.07) is 1.31. The summed E-state index contributed by atoms with van der Waals surface area (Å²) < 4.78 is 13.1. The molecule has 16 heavy (non-hydrogen) atoms. The molecule has 1 heterocycles. The zero-order chi connectivity index (χ0) is 12.1. The summed E-state index contributed by atoms with van der Waals surface area (Å²) in [7, 11) is 0. The van der Waals surface area contributed by atoms with Crippen LogP contribution >= 0.6 is 15.9 Å². The van der Waals surface area contributed by atoms with Gasteiger partial charge in [0.05, 0.1) is 11.7 Å². The summed E-state index contributed by atoms with van der Waals surface area (Å²) in [4.78, 5) is 13.9. The summed E-state index contributed by atoms with van der Waals surface area (Å²) in [5.74, 6) is -0.947. The molecule has 0 spiro atoms. The van der Waals surface area contributed by atoms with Crippen LogP contribution < -0.4 is 0 Å². The van der Waals surface area contributed by atoms with Crippen LogP contribution in [0.1, 0.15) is 28.4 Å². The Morgan fingerprint density at radius 3 is 2.81 bits per heavy atom. The summed E-state index contributed by atoms with van der Waals surface area (Å²) in [5, 5.41) is 19.8. The van der Waals surface area contributed by atoms with Crippen molar-refractivity contribution in [2.24, 2.45) is 0 Å². The number of pyridine rings is 1. The van der Waals surface area contributed by atoms with Crippen LogP contribution in [0.3, 0.4) is 0 Å². The number of aliphatic hydroxyl groups excluding tert-OH is 2. The van der Waals surface area contributed by atoms with Gasteiger partial charge in [-0.25, -0.2) is 4.98 Å². The Morgan fingerprint density at radius 1 is 1.56 bits per heavy atom. The highest BCUT2D eigenvalue weighted by Crippen LogP contribution is 2.22. The Balaban J connectivity index is 3.03. The summed E-state index contributed by atoms with van der Waals surface area (Å²) in [6.07, 6.45) is -0.637. The Morgan fingerprint density at radius 2 is 2.25 bits per heavy atom. The maximum atomic E-state index is 13.1. The molecule has 0 aromatic carbocycles. The minimum atomic E-state index is -1.30. The molecule has 0 bridgehead atoms. The van der Waals surface area contributed by atoms with Gasteiger partial charge in [0.1, 0.15) is 6.10 Å². The Bertz CT molecular complexity index is 375. The maximum Gasteiger partial charge on any atom is 0.223 e. The maximum absolute atomic E-state index is 13.1. The van der Waals surface area contributed by atoms with Crippen molar-refractivity contribution >= 4 is 22.2 Å². The monoisotopic (exact) mass is 291 g/mol. The Hall–Kier alpha value is -0.850. The topological polar surface area (TPSA) is 70.4 Å². The molecule has 88 valence electrons. The molecule has 0 aliphatic heterocycles. The number of hydrogen-bond acceptors (Lipinski definition) is 4.